The van der Waals surface area contributed by atoms with E-state index < -0.39 is 0 Å². The van der Waals surface area contributed by atoms with Crippen molar-refractivity contribution in [1.82, 2.24) is 0 Å². The highest BCUT2D eigenvalue weighted by Crippen LogP contribution is 2.15. The van der Waals surface area contributed by atoms with Gasteiger partial charge in [0.1, 0.15) is 0 Å². The Morgan fingerprint density at radius 3 is 1.88 bits per heavy atom. The highest BCUT2D eigenvalue weighted by atomic mass is 35.5. The van der Waals surface area contributed by atoms with Crippen LogP contribution in [0, 0.1) is 6.92 Å². The summed E-state index contributed by atoms with van der Waals surface area (Å²) >= 11 is 0. The molecule has 0 N–H and O–H groups in total. The summed E-state index contributed by atoms with van der Waals surface area (Å²) in [5.74, 6) is 0.542. The summed E-state index contributed by atoms with van der Waals surface area (Å²) < 4.78 is 4.62. The molecular formula is C5H6ClO2-. The van der Waals surface area contributed by atoms with Crippen molar-refractivity contribution in [1.29, 1.82) is 0 Å². The van der Waals surface area contributed by atoms with E-state index >= 15 is 0 Å². The number of ether oxygens (including phenoxy) is 1. The van der Waals surface area contributed by atoms with Gasteiger partial charge in [-0.15, -0.1) is 0 Å². The van der Waals surface area contributed by atoms with Gasteiger partial charge in [0.2, 0.25) is 5.43 Å². The Morgan fingerprint density at radius 2 is 1.88 bits per heavy atom. The first kappa shape index (κ1) is 7.50. The Hall–Kier alpha value is -0.500. The third-order valence-electron chi connectivity index (χ3n) is 1.03. The van der Waals surface area contributed by atoms with Gasteiger partial charge in [0, 0.05) is 5.56 Å². The Kier molecular flexibility index (Phi) is 2.04. The average molecular weight is 134 g/mol. The van der Waals surface area contributed by atoms with Crippen LogP contribution in [0.2, 0.25) is 0 Å². The molecule has 1 aromatic rings. The SMILES string of the molecule is COc1c(C)c1=O.[Cl-]. The lowest BCUT2D eigenvalue weighted by Crippen LogP contribution is -3.00. The molecule has 0 aromatic heterocycles. The second-order valence-corrected chi connectivity index (χ2v) is 1.49. The van der Waals surface area contributed by atoms with Crippen molar-refractivity contribution >= 4 is 0 Å². The maximum absolute atomic E-state index is 10.2. The molecule has 0 saturated heterocycles. The lowest BCUT2D eigenvalue weighted by Gasteiger charge is -1.78. The molecule has 0 heterocycles. The van der Waals surface area contributed by atoms with Crippen LogP contribution in [0.15, 0.2) is 4.79 Å². The predicted molar refractivity (Wildman–Crippen MR) is 26.4 cm³/mol. The summed E-state index contributed by atoms with van der Waals surface area (Å²) in [6, 6.07) is 0. The van der Waals surface area contributed by atoms with Gasteiger partial charge in [-0.25, -0.2) is 0 Å². The minimum absolute atomic E-state index is 0. The second-order valence-electron chi connectivity index (χ2n) is 1.49. The Bertz CT molecular complexity index is 186. The Morgan fingerprint density at radius 1 is 1.50 bits per heavy atom. The van der Waals surface area contributed by atoms with E-state index in [1.165, 1.54) is 7.11 Å². The van der Waals surface area contributed by atoms with Crippen LogP contribution in [0.5, 0.6) is 5.75 Å². The van der Waals surface area contributed by atoms with E-state index in [4.69, 9.17) is 0 Å². The van der Waals surface area contributed by atoms with E-state index in [0.29, 0.717) is 5.75 Å². The molecule has 0 saturated carbocycles. The van der Waals surface area contributed by atoms with Gasteiger partial charge in [0.05, 0.1) is 7.11 Å². The number of rotatable bonds is 1. The first-order valence-electron chi connectivity index (χ1n) is 2.07. The summed E-state index contributed by atoms with van der Waals surface area (Å²) in [4.78, 5) is 10.2. The number of methoxy groups -OCH3 is 1. The molecule has 3 heteroatoms. The fraction of sp³-hybridized carbons (Fsp3) is 0.400. The van der Waals surface area contributed by atoms with Crippen molar-refractivity contribution in [3.05, 3.63) is 15.8 Å². The quantitative estimate of drug-likeness (QED) is 0.415. The lowest BCUT2D eigenvalue weighted by atomic mass is 10.6. The molecule has 0 aliphatic heterocycles. The number of hydrogen-bond acceptors (Lipinski definition) is 2. The molecule has 46 valence electrons. The minimum Gasteiger partial charge on any atom is -1.00 e. The molecule has 0 spiro atoms. The minimum atomic E-state index is 0. The zero-order valence-electron chi connectivity index (χ0n) is 4.69. The molecule has 1 aromatic carbocycles. The molecule has 1 rings (SSSR count). The molecule has 0 radical (unpaired) electrons. The first-order valence-corrected chi connectivity index (χ1v) is 2.07. The number of halogens is 1. The molecule has 8 heavy (non-hydrogen) atoms. The summed E-state index contributed by atoms with van der Waals surface area (Å²) in [6.07, 6.45) is 0. The summed E-state index contributed by atoms with van der Waals surface area (Å²) in [5.41, 5.74) is 0.838. The zero-order valence-corrected chi connectivity index (χ0v) is 5.45. The van der Waals surface area contributed by atoms with Crippen LogP contribution >= 0.6 is 0 Å². The van der Waals surface area contributed by atoms with E-state index in [-0.39, 0.29) is 17.8 Å². The van der Waals surface area contributed by atoms with E-state index in [9.17, 15) is 4.79 Å². The van der Waals surface area contributed by atoms with Gasteiger partial charge in [-0.2, -0.15) is 0 Å². The van der Waals surface area contributed by atoms with Crippen LogP contribution < -0.4 is 22.6 Å². The standard InChI is InChI=1S/C5H6O2.ClH/c1-3-4(6)5(3)7-2;/h1-2H3;1H/p-1. The summed E-state index contributed by atoms with van der Waals surface area (Å²) in [6.45, 7) is 1.75. The highest BCUT2D eigenvalue weighted by molar-refractivity contribution is 5.44. The number of hydrogen-bond donors (Lipinski definition) is 0. The van der Waals surface area contributed by atoms with E-state index in [1.54, 1.807) is 6.92 Å². The Labute approximate surface area is 53.6 Å². The van der Waals surface area contributed by atoms with Gasteiger partial charge in [-0.05, 0) is 6.92 Å². The fourth-order valence-electron chi connectivity index (χ4n) is 0.482. The van der Waals surface area contributed by atoms with Crippen molar-refractivity contribution in [2.24, 2.45) is 0 Å². The molecule has 0 unspecified atom stereocenters. The molecular weight excluding hydrogens is 128 g/mol. The van der Waals surface area contributed by atoms with Crippen LogP contribution in [-0.4, -0.2) is 7.11 Å². The van der Waals surface area contributed by atoms with Crippen molar-refractivity contribution < 1.29 is 17.1 Å². The third-order valence-corrected chi connectivity index (χ3v) is 1.03. The fourth-order valence-corrected chi connectivity index (χ4v) is 0.482. The lowest BCUT2D eigenvalue weighted by molar-refractivity contribution is -0.00000184. The molecule has 0 aliphatic carbocycles. The molecule has 0 fully saturated rings. The van der Waals surface area contributed by atoms with Gasteiger partial charge >= 0.3 is 0 Å². The van der Waals surface area contributed by atoms with Crippen molar-refractivity contribution in [2.45, 2.75) is 6.92 Å². The van der Waals surface area contributed by atoms with Crippen molar-refractivity contribution in [3.8, 4) is 5.75 Å². The van der Waals surface area contributed by atoms with E-state index in [0.717, 1.165) is 5.56 Å². The monoisotopic (exact) mass is 133 g/mol. The smallest absolute Gasteiger partial charge is 0.227 e. The van der Waals surface area contributed by atoms with Crippen molar-refractivity contribution in [3.63, 3.8) is 0 Å². The normalized spacial score (nSPS) is 8.75. The topological polar surface area (TPSA) is 26.3 Å². The van der Waals surface area contributed by atoms with Gasteiger partial charge in [-0.1, -0.05) is 0 Å². The third kappa shape index (κ3) is 0.842. The highest BCUT2D eigenvalue weighted by Gasteiger charge is 2.16. The largest absolute Gasteiger partial charge is 1.00 e. The van der Waals surface area contributed by atoms with Crippen molar-refractivity contribution in [2.75, 3.05) is 7.11 Å². The molecule has 0 bridgehead atoms. The van der Waals surface area contributed by atoms with Crippen LogP contribution in [0.4, 0.5) is 0 Å². The molecule has 2 nitrogen and oxygen atoms in total. The van der Waals surface area contributed by atoms with E-state index in [2.05, 4.69) is 4.74 Å². The second kappa shape index (κ2) is 2.18. The van der Waals surface area contributed by atoms with Crippen LogP contribution in [0.3, 0.4) is 0 Å². The van der Waals surface area contributed by atoms with E-state index in [1.807, 2.05) is 0 Å². The Balaban J connectivity index is 0.000000490. The summed E-state index contributed by atoms with van der Waals surface area (Å²) in [7, 11) is 1.50. The average Bonchev–Trinajstić information content (AvgIpc) is 2.17. The molecule has 0 atom stereocenters. The summed E-state index contributed by atoms with van der Waals surface area (Å²) in [5, 5.41) is 0. The molecule has 0 amide bonds. The van der Waals surface area contributed by atoms with Gasteiger partial charge < -0.3 is 17.1 Å². The maximum Gasteiger partial charge on any atom is 0.227 e. The molecule has 0 aliphatic rings. The van der Waals surface area contributed by atoms with Crippen LogP contribution in [0.25, 0.3) is 0 Å². The van der Waals surface area contributed by atoms with Crippen LogP contribution in [-0.2, 0) is 0 Å². The zero-order chi connectivity index (χ0) is 5.44. The van der Waals surface area contributed by atoms with Crippen LogP contribution in [0.1, 0.15) is 5.56 Å². The van der Waals surface area contributed by atoms with Gasteiger partial charge in [0.15, 0.2) is 5.75 Å². The van der Waals surface area contributed by atoms with Gasteiger partial charge in [-0.3, -0.25) is 4.79 Å². The maximum atomic E-state index is 10.2. The predicted octanol–water partition coefficient (Wildman–Crippen LogP) is -2.76. The van der Waals surface area contributed by atoms with Gasteiger partial charge in [0.25, 0.3) is 0 Å². The first-order chi connectivity index (χ1) is 3.27.